The van der Waals surface area contributed by atoms with Gasteiger partial charge in [-0.05, 0) is 36.1 Å². The van der Waals surface area contributed by atoms with E-state index in [0.29, 0.717) is 17.1 Å². The summed E-state index contributed by atoms with van der Waals surface area (Å²) in [7, 11) is 0. The Balaban J connectivity index is 2.22. The van der Waals surface area contributed by atoms with Crippen LogP contribution in [0, 0.1) is 6.92 Å². The third-order valence-electron chi connectivity index (χ3n) is 4.23. The molecule has 0 radical (unpaired) electrons. The van der Waals surface area contributed by atoms with E-state index in [1.165, 1.54) is 4.68 Å². The maximum absolute atomic E-state index is 13.0. The highest BCUT2D eigenvalue weighted by atomic mass is 35.5. The van der Waals surface area contributed by atoms with Crippen molar-refractivity contribution in [2.75, 3.05) is 0 Å². The average molecular weight is 355 g/mol. The van der Waals surface area contributed by atoms with Gasteiger partial charge in [0.05, 0.1) is 12.1 Å². The predicted molar refractivity (Wildman–Crippen MR) is 100 cm³/mol. The Kier molecular flexibility index (Phi) is 4.91. The number of aromatic hydroxyl groups is 1. The van der Waals surface area contributed by atoms with Crippen LogP contribution in [0.25, 0.3) is 11.1 Å². The van der Waals surface area contributed by atoms with Crippen molar-refractivity contribution < 1.29 is 5.11 Å². The molecule has 0 atom stereocenters. The molecule has 0 saturated heterocycles. The number of rotatable bonds is 4. The first kappa shape index (κ1) is 17.2. The molecule has 1 N–H and O–H groups in total. The number of hydrogen-bond donors (Lipinski definition) is 1. The van der Waals surface area contributed by atoms with Gasteiger partial charge in [-0.3, -0.25) is 4.79 Å². The van der Waals surface area contributed by atoms with Gasteiger partial charge >= 0.3 is 0 Å². The molecule has 0 amide bonds. The second-order valence-corrected chi connectivity index (χ2v) is 6.30. The number of hydrogen-bond acceptors (Lipinski definition) is 3. The van der Waals surface area contributed by atoms with E-state index in [1.807, 2.05) is 56.3 Å². The Morgan fingerprint density at radius 2 is 1.80 bits per heavy atom. The van der Waals surface area contributed by atoms with E-state index in [4.69, 9.17) is 11.6 Å². The van der Waals surface area contributed by atoms with Crippen LogP contribution in [0.4, 0.5) is 0 Å². The van der Waals surface area contributed by atoms with E-state index >= 15 is 0 Å². The van der Waals surface area contributed by atoms with Gasteiger partial charge in [0.15, 0.2) is 5.75 Å². The quantitative estimate of drug-likeness (QED) is 0.764. The molecule has 2 aromatic carbocycles. The van der Waals surface area contributed by atoms with Crippen molar-refractivity contribution in [3.63, 3.8) is 0 Å². The summed E-state index contributed by atoms with van der Waals surface area (Å²) in [5.74, 6) is -0.0443. The molecular formula is C20H19ClN2O2. The molecule has 0 aliphatic rings. The summed E-state index contributed by atoms with van der Waals surface area (Å²) in [5.41, 5.74) is 2.90. The van der Waals surface area contributed by atoms with Gasteiger partial charge in [-0.25, -0.2) is 4.68 Å². The zero-order valence-electron chi connectivity index (χ0n) is 14.2. The second kappa shape index (κ2) is 7.11. The Bertz CT molecular complexity index is 980. The van der Waals surface area contributed by atoms with Crippen molar-refractivity contribution in [2.24, 2.45) is 0 Å². The monoisotopic (exact) mass is 354 g/mol. The molecule has 1 aromatic heterocycles. The minimum atomic E-state index is -0.330. The van der Waals surface area contributed by atoms with Crippen molar-refractivity contribution in [1.82, 2.24) is 9.78 Å². The first-order valence-electron chi connectivity index (χ1n) is 8.15. The van der Waals surface area contributed by atoms with Crippen LogP contribution in [0.2, 0.25) is 5.02 Å². The Morgan fingerprint density at radius 3 is 2.48 bits per heavy atom. The first-order valence-corrected chi connectivity index (χ1v) is 8.53. The molecule has 0 unspecified atom stereocenters. The first-order chi connectivity index (χ1) is 12.0. The van der Waals surface area contributed by atoms with Crippen LogP contribution in [0.1, 0.15) is 23.7 Å². The normalized spacial score (nSPS) is 10.8. The number of aromatic nitrogens is 2. The van der Waals surface area contributed by atoms with E-state index in [1.54, 1.807) is 6.07 Å². The molecule has 0 spiro atoms. The molecule has 3 rings (SSSR count). The SMILES string of the molecule is CCc1nn(Cc2ccccc2Cl)c(=O)c(-c2ccccc2C)c1O. The van der Waals surface area contributed by atoms with Gasteiger partial charge in [-0.15, -0.1) is 0 Å². The lowest BCUT2D eigenvalue weighted by atomic mass is 10.00. The van der Waals surface area contributed by atoms with Crippen LogP contribution < -0.4 is 5.56 Å². The lowest BCUT2D eigenvalue weighted by Crippen LogP contribution is -2.26. The molecule has 25 heavy (non-hydrogen) atoms. The molecule has 0 fully saturated rings. The predicted octanol–water partition coefficient (Wildman–Crippen LogP) is 4.19. The highest BCUT2D eigenvalue weighted by Gasteiger charge is 2.19. The minimum Gasteiger partial charge on any atom is -0.505 e. The fourth-order valence-electron chi connectivity index (χ4n) is 2.84. The summed E-state index contributed by atoms with van der Waals surface area (Å²) in [6, 6.07) is 14.9. The molecule has 0 aliphatic heterocycles. The van der Waals surface area contributed by atoms with E-state index in [9.17, 15) is 9.90 Å². The molecule has 1 heterocycles. The van der Waals surface area contributed by atoms with Gasteiger partial charge in [-0.2, -0.15) is 5.10 Å². The van der Waals surface area contributed by atoms with E-state index < -0.39 is 0 Å². The van der Waals surface area contributed by atoms with Crippen LogP contribution >= 0.6 is 11.6 Å². The topological polar surface area (TPSA) is 55.1 Å². The van der Waals surface area contributed by atoms with Gasteiger partial charge in [0.25, 0.3) is 5.56 Å². The highest BCUT2D eigenvalue weighted by Crippen LogP contribution is 2.30. The zero-order chi connectivity index (χ0) is 18.0. The maximum atomic E-state index is 13.0. The van der Waals surface area contributed by atoms with Crippen LogP contribution in [-0.4, -0.2) is 14.9 Å². The van der Waals surface area contributed by atoms with Crippen molar-refractivity contribution in [3.05, 3.63) is 80.7 Å². The number of halogens is 1. The van der Waals surface area contributed by atoms with Crippen LogP contribution in [-0.2, 0) is 13.0 Å². The number of aryl methyl sites for hydroxylation is 2. The van der Waals surface area contributed by atoms with Crippen molar-refractivity contribution in [1.29, 1.82) is 0 Å². The lowest BCUT2D eigenvalue weighted by Gasteiger charge is -2.14. The van der Waals surface area contributed by atoms with Crippen LogP contribution in [0.5, 0.6) is 5.75 Å². The molecule has 3 aromatic rings. The summed E-state index contributed by atoms with van der Waals surface area (Å²) < 4.78 is 1.38. The summed E-state index contributed by atoms with van der Waals surface area (Å²) in [6.45, 7) is 4.07. The fourth-order valence-corrected chi connectivity index (χ4v) is 3.04. The van der Waals surface area contributed by atoms with Gasteiger partial charge in [0.1, 0.15) is 5.69 Å². The summed E-state index contributed by atoms with van der Waals surface area (Å²) in [5, 5.41) is 15.5. The van der Waals surface area contributed by atoms with Crippen LogP contribution in [0.3, 0.4) is 0 Å². The Labute approximate surface area is 151 Å². The average Bonchev–Trinajstić information content (AvgIpc) is 2.61. The maximum Gasteiger partial charge on any atom is 0.278 e. The summed E-state index contributed by atoms with van der Waals surface area (Å²) >= 11 is 6.22. The third-order valence-corrected chi connectivity index (χ3v) is 4.60. The molecule has 0 aliphatic carbocycles. The molecule has 0 bridgehead atoms. The van der Waals surface area contributed by atoms with E-state index in [0.717, 1.165) is 16.7 Å². The Morgan fingerprint density at radius 1 is 1.12 bits per heavy atom. The highest BCUT2D eigenvalue weighted by molar-refractivity contribution is 6.31. The number of nitrogens with zero attached hydrogens (tertiary/aromatic N) is 2. The minimum absolute atomic E-state index is 0.0443. The second-order valence-electron chi connectivity index (χ2n) is 5.89. The van der Waals surface area contributed by atoms with E-state index in [2.05, 4.69) is 5.10 Å². The van der Waals surface area contributed by atoms with Gasteiger partial charge in [-0.1, -0.05) is 61.0 Å². The van der Waals surface area contributed by atoms with Gasteiger partial charge in [0, 0.05) is 5.02 Å². The zero-order valence-corrected chi connectivity index (χ0v) is 14.9. The molecular weight excluding hydrogens is 336 g/mol. The third kappa shape index (κ3) is 3.30. The largest absolute Gasteiger partial charge is 0.505 e. The van der Waals surface area contributed by atoms with Crippen molar-refractivity contribution in [3.8, 4) is 16.9 Å². The van der Waals surface area contributed by atoms with Crippen molar-refractivity contribution in [2.45, 2.75) is 26.8 Å². The molecule has 4 nitrogen and oxygen atoms in total. The molecule has 128 valence electrons. The van der Waals surface area contributed by atoms with Gasteiger partial charge in [0.2, 0.25) is 0 Å². The molecule has 5 heteroatoms. The Hall–Kier alpha value is -2.59. The molecule has 0 saturated carbocycles. The lowest BCUT2D eigenvalue weighted by molar-refractivity contribution is 0.454. The van der Waals surface area contributed by atoms with E-state index in [-0.39, 0.29) is 23.4 Å². The van der Waals surface area contributed by atoms with Crippen LogP contribution in [0.15, 0.2) is 53.3 Å². The fraction of sp³-hybridized carbons (Fsp3) is 0.200. The summed E-state index contributed by atoms with van der Waals surface area (Å²) in [6.07, 6.45) is 0.521. The van der Waals surface area contributed by atoms with Gasteiger partial charge < -0.3 is 5.11 Å². The smallest absolute Gasteiger partial charge is 0.278 e. The van der Waals surface area contributed by atoms with Crippen molar-refractivity contribution >= 4 is 11.6 Å². The standard InChI is InChI=1S/C20H19ClN2O2/c1-3-17-19(24)18(15-10-6-4-8-13(15)2)20(25)23(22-17)12-14-9-5-7-11-16(14)21/h4-11,24H,3,12H2,1-2H3. The number of benzene rings is 2. The summed E-state index contributed by atoms with van der Waals surface area (Å²) in [4.78, 5) is 13.0.